The smallest absolute Gasteiger partial charge is 0.409 e. The van der Waals surface area contributed by atoms with E-state index in [1.807, 2.05) is 13.0 Å². The summed E-state index contributed by atoms with van der Waals surface area (Å²) in [4.78, 5) is 28.2. The normalized spacial score (nSPS) is 15.9. The number of hydrogen-bond acceptors (Lipinski definition) is 5. The Morgan fingerprint density at radius 2 is 1.75 bits per heavy atom. The molecule has 1 heterocycles. The first-order valence-corrected chi connectivity index (χ1v) is 11.3. The summed E-state index contributed by atoms with van der Waals surface area (Å²) in [6.07, 6.45) is 1.07. The highest BCUT2D eigenvalue weighted by Gasteiger charge is 2.36. The lowest BCUT2D eigenvalue weighted by Gasteiger charge is -2.38. The van der Waals surface area contributed by atoms with E-state index in [-0.39, 0.29) is 12.0 Å². The van der Waals surface area contributed by atoms with Crippen LogP contribution in [0, 0.1) is 6.92 Å². The van der Waals surface area contributed by atoms with Crippen LogP contribution in [0.3, 0.4) is 0 Å². The lowest BCUT2D eigenvalue weighted by atomic mass is 10.1. The number of piperazine rings is 1. The van der Waals surface area contributed by atoms with Gasteiger partial charge in [-0.25, -0.2) is 13.2 Å². The first-order valence-electron chi connectivity index (χ1n) is 9.45. The fourth-order valence-corrected chi connectivity index (χ4v) is 4.54. The number of sulfonamides is 1. The summed E-state index contributed by atoms with van der Waals surface area (Å²) in [5.41, 5.74) is 1.39. The number of amides is 2. The SMILES string of the molecule is CCOC(=O)N1CCN(C(=O)[C@H](CC)N(c2cccc(C)c2)S(C)(=O)=O)CC1. The van der Waals surface area contributed by atoms with Crippen molar-refractivity contribution in [3.8, 4) is 0 Å². The Morgan fingerprint density at radius 1 is 1.14 bits per heavy atom. The Labute approximate surface area is 167 Å². The number of anilines is 1. The minimum atomic E-state index is -3.66. The molecule has 0 aliphatic carbocycles. The lowest BCUT2D eigenvalue weighted by Crippen LogP contribution is -2.56. The molecule has 1 aromatic rings. The second-order valence-electron chi connectivity index (χ2n) is 6.83. The van der Waals surface area contributed by atoms with E-state index in [1.54, 1.807) is 41.8 Å². The highest BCUT2D eigenvalue weighted by atomic mass is 32.2. The number of rotatable bonds is 6. The number of aryl methyl sites for hydroxylation is 1. The maximum atomic E-state index is 13.2. The van der Waals surface area contributed by atoms with E-state index in [1.165, 1.54) is 4.31 Å². The van der Waals surface area contributed by atoms with Crippen molar-refractivity contribution in [3.05, 3.63) is 29.8 Å². The van der Waals surface area contributed by atoms with Gasteiger partial charge in [-0.15, -0.1) is 0 Å². The zero-order chi connectivity index (χ0) is 20.9. The molecular weight excluding hydrogens is 382 g/mol. The number of ether oxygens (including phenoxy) is 1. The minimum Gasteiger partial charge on any atom is -0.450 e. The van der Waals surface area contributed by atoms with Crippen LogP contribution >= 0.6 is 0 Å². The Hall–Kier alpha value is -2.29. The third-order valence-corrected chi connectivity index (χ3v) is 5.87. The van der Waals surface area contributed by atoms with E-state index in [0.717, 1.165) is 11.8 Å². The predicted octanol–water partition coefficient (Wildman–Crippen LogP) is 1.84. The first-order chi connectivity index (χ1) is 13.2. The third kappa shape index (κ3) is 5.15. The van der Waals surface area contributed by atoms with Gasteiger partial charge in [0.2, 0.25) is 15.9 Å². The number of benzene rings is 1. The number of carbonyl (C=O) groups excluding carboxylic acids is 2. The molecule has 1 aliphatic rings. The molecule has 1 aliphatic heterocycles. The number of hydrogen-bond donors (Lipinski definition) is 0. The molecule has 1 aromatic carbocycles. The molecule has 2 amide bonds. The Morgan fingerprint density at radius 3 is 2.25 bits per heavy atom. The van der Waals surface area contributed by atoms with Crippen molar-refractivity contribution in [2.24, 2.45) is 0 Å². The van der Waals surface area contributed by atoms with Gasteiger partial charge in [-0.05, 0) is 38.0 Å². The fraction of sp³-hybridized carbons (Fsp3) is 0.579. The van der Waals surface area contributed by atoms with E-state index >= 15 is 0 Å². The number of nitrogens with zero attached hydrogens (tertiary/aromatic N) is 3. The average molecular weight is 412 g/mol. The molecule has 8 nitrogen and oxygen atoms in total. The average Bonchev–Trinajstić information content (AvgIpc) is 2.64. The van der Waals surface area contributed by atoms with Crippen LogP contribution in [-0.4, -0.2) is 75.3 Å². The van der Waals surface area contributed by atoms with Gasteiger partial charge in [0.25, 0.3) is 0 Å². The fourth-order valence-electron chi connectivity index (χ4n) is 3.34. The van der Waals surface area contributed by atoms with E-state index in [4.69, 9.17) is 4.74 Å². The molecule has 28 heavy (non-hydrogen) atoms. The summed E-state index contributed by atoms with van der Waals surface area (Å²) in [5.74, 6) is -0.252. The van der Waals surface area contributed by atoms with Crippen LogP contribution in [0.25, 0.3) is 0 Å². The quantitative estimate of drug-likeness (QED) is 0.713. The molecule has 1 saturated heterocycles. The molecule has 0 N–H and O–H groups in total. The van der Waals surface area contributed by atoms with Gasteiger partial charge in [0, 0.05) is 26.2 Å². The van der Waals surface area contributed by atoms with Gasteiger partial charge in [0.1, 0.15) is 6.04 Å². The van der Waals surface area contributed by atoms with E-state index in [0.29, 0.717) is 44.9 Å². The molecular formula is C19H29N3O5S. The molecule has 1 atom stereocenters. The second-order valence-corrected chi connectivity index (χ2v) is 8.69. The summed E-state index contributed by atoms with van der Waals surface area (Å²) in [6, 6.07) is 6.28. The molecule has 0 unspecified atom stereocenters. The van der Waals surface area contributed by atoms with Crippen molar-refractivity contribution in [1.82, 2.24) is 9.80 Å². The maximum absolute atomic E-state index is 13.2. The molecule has 0 saturated carbocycles. The summed E-state index contributed by atoms with van der Waals surface area (Å²) in [6.45, 7) is 7.14. The van der Waals surface area contributed by atoms with Crippen molar-refractivity contribution in [2.45, 2.75) is 33.2 Å². The summed E-state index contributed by atoms with van der Waals surface area (Å²) in [7, 11) is -3.66. The summed E-state index contributed by atoms with van der Waals surface area (Å²) < 4.78 is 31.3. The lowest BCUT2D eigenvalue weighted by molar-refractivity contribution is -0.134. The van der Waals surface area contributed by atoms with Crippen LogP contribution in [0.15, 0.2) is 24.3 Å². The van der Waals surface area contributed by atoms with Crippen molar-refractivity contribution in [1.29, 1.82) is 0 Å². The topological polar surface area (TPSA) is 87.2 Å². The van der Waals surface area contributed by atoms with Gasteiger partial charge >= 0.3 is 6.09 Å². The summed E-state index contributed by atoms with van der Waals surface area (Å²) >= 11 is 0. The monoisotopic (exact) mass is 411 g/mol. The molecule has 0 bridgehead atoms. The molecule has 0 spiro atoms. The van der Waals surface area contributed by atoms with Gasteiger partial charge < -0.3 is 14.5 Å². The van der Waals surface area contributed by atoms with E-state index in [2.05, 4.69) is 0 Å². The van der Waals surface area contributed by atoms with Crippen LogP contribution in [0.1, 0.15) is 25.8 Å². The second kappa shape index (κ2) is 9.27. The molecule has 9 heteroatoms. The van der Waals surface area contributed by atoms with Gasteiger partial charge in [-0.2, -0.15) is 0 Å². The summed E-state index contributed by atoms with van der Waals surface area (Å²) in [5, 5.41) is 0. The molecule has 156 valence electrons. The van der Waals surface area contributed by atoms with Crippen molar-refractivity contribution in [3.63, 3.8) is 0 Å². The van der Waals surface area contributed by atoms with Gasteiger partial charge in [0.05, 0.1) is 18.6 Å². The predicted molar refractivity (Wildman–Crippen MR) is 108 cm³/mol. The Balaban J connectivity index is 2.20. The molecule has 2 rings (SSSR count). The van der Waals surface area contributed by atoms with E-state index in [9.17, 15) is 18.0 Å². The molecule has 0 radical (unpaired) electrons. The highest BCUT2D eigenvalue weighted by molar-refractivity contribution is 7.92. The van der Waals surface area contributed by atoms with Crippen LogP contribution in [-0.2, 0) is 19.6 Å². The largest absolute Gasteiger partial charge is 0.450 e. The third-order valence-electron chi connectivity index (χ3n) is 4.69. The van der Waals surface area contributed by atoms with Crippen LogP contribution in [0.2, 0.25) is 0 Å². The van der Waals surface area contributed by atoms with Crippen molar-refractivity contribution in [2.75, 3.05) is 43.3 Å². The Bertz CT molecular complexity index is 804. The van der Waals surface area contributed by atoms with Crippen molar-refractivity contribution >= 4 is 27.7 Å². The van der Waals surface area contributed by atoms with Crippen LogP contribution in [0.5, 0.6) is 0 Å². The van der Waals surface area contributed by atoms with Crippen molar-refractivity contribution < 1.29 is 22.7 Å². The standard InChI is InChI=1S/C19H29N3O5S/c1-5-17(22(28(4,25)26)16-9-7-8-15(3)14-16)18(23)20-10-12-21(13-11-20)19(24)27-6-2/h7-9,14,17H,5-6,10-13H2,1-4H3/t17-/m0/s1. The van der Waals surface area contributed by atoms with Gasteiger partial charge in [0.15, 0.2) is 0 Å². The van der Waals surface area contributed by atoms with E-state index < -0.39 is 16.1 Å². The zero-order valence-electron chi connectivity index (χ0n) is 16.9. The highest BCUT2D eigenvalue weighted by Crippen LogP contribution is 2.24. The first kappa shape index (κ1) is 22.0. The zero-order valence-corrected chi connectivity index (χ0v) is 17.7. The van der Waals surface area contributed by atoms with Gasteiger partial charge in [-0.3, -0.25) is 9.10 Å². The van der Waals surface area contributed by atoms with Crippen LogP contribution in [0.4, 0.5) is 10.5 Å². The maximum Gasteiger partial charge on any atom is 0.409 e. The minimum absolute atomic E-state index is 0.252. The van der Waals surface area contributed by atoms with Gasteiger partial charge in [-0.1, -0.05) is 19.1 Å². The molecule has 0 aromatic heterocycles. The molecule has 1 fully saturated rings. The van der Waals surface area contributed by atoms with Crippen LogP contribution < -0.4 is 4.31 Å². The Kier molecular flexibility index (Phi) is 7.29. The number of carbonyl (C=O) groups is 2.